The third-order valence-corrected chi connectivity index (χ3v) is 5.17. The van der Waals surface area contributed by atoms with Crippen LogP contribution in [0.4, 0.5) is 5.82 Å². The van der Waals surface area contributed by atoms with Crippen molar-refractivity contribution in [1.29, 1.82) is 0 Å². The normalized spacial score (nSPS) is 22.3. The molecule has 2 aliphatic rings. The molecule has 124 valence electrons. The van der Waals surface area contributed by atoms with Gasteiger partial charge >= 0.3 is 0 Å². The minimum atomic E-state index is -0.108. The Hall–Kier alpha value is -2.08. The maximum Gasteiger partial charge on any atom is 0.210 e. The first-order valence-electron chi connectivity index (χ1n) is 8.21. The van der Waals surface area contributed by atoms with Crippen molar-refractivity contribution in [2.24, 2.45) is 5.92 Å². The number of allylic oxidation sites excluding steroid dienone is 2. The van der Waals surface area contributed by atoms with Crippen LogP contribution in [0.2, 0.25) is 0 Å². The van der Waals surface area contributed by atoms with E-state index in [2.05, 4.69) is 33.5 Å². The first kappa shape index (κ1) is 15.4. The third kappa shape index (κ3) is 2.86. The van der Waals surface area contributed by atoms with E-state index in [1.54, 1.807) is 0 Å². The zero-order valence-corrected chi connectivity index (χ0v) is 14.6. The molecule has 0 saturated carbocycles. The Morgan fingerprint density at radius 3 is 2.92 bits per heavy atom. The van der Waals surface area contributed by atoms with Crippen LogP contribution < -0.4 is 10.1 Å². The Morgan fingerprint density at radius 2 is 2.12 bits per heavy atom. The lowest BCUT2D eigenvalue weighted by atomic mass is 9.89. The zero-order valence-electron chi connectivity index (χ0n) is 13.8. The summed E-state index contributed by atoms with van der Waals surface area (Å²) in [5.41, 5.74) is 3.17. The molecule has 0 saturated heterocycles. The Labute approximate surface area is 145 Å². The minimum Gasteiger partial charge on any atom is -0.470 e. The van der Waals surface area contributed by atoms with Crippen molar-refractivity contribution in [1.82, 2.24) is 15.2 Å². The summed E-state index contributed by atoms with van der Waals surface area (Å²) in [7, 11) is 0. The van der Waals surface area contributed by atoms with Crippen molar-refractivity contribution >= 4 is 17.6 Å². The smallest absolute Gasteiger partial charge is 0.210 e. The highest BCUT2D eigenvalue weighted by Gasteiger charge is 2.30. The number of nitrogens with one attached hydrogen (secondary N) is 1. The number of nitrogens with zero attached hydrogens (tertiary/aromatic N) is 3. The van der Waals surface area contributed by atoms with Crippen molar-refractivity contribution < 1.29 is 4.74 Å². The Balaban J connectivity index is 1.76. The second kappa shape index (κ2) is 6.43. The molecule has 2 heterocycles. The molecule has 5 nitrogen and oxygen atoms in total. The molecule has 0 radical (unpaired) electrons. The molecular formula is C18H20N4OS. The zero-order chi connectivity index (χ0) is 16.5. The number of anilines is 1. The van der Waals surface area contributed by atoms with Crippen LogP contribution in [0.15, 0.2) is 41.1 Å². The fraction of sp³-hybridized carbons (Fsp3) is 0.389. The van der Waals surface area contributed by atoms with E-state index in [0.717, 1.165) is 42.1 Å². The molecule has 2 aromatic rings. The molecule has 2 atom stereocenters. The van der Waals surface area contributed by atoms with Crippen molar-refractivity contribution in [3.05, 3.63) is 35.9 Å². The van der Waals surface area contributed by atoms with Gasteiger partial charge in [0, 0.05) is 11.5 Å². The monoisotopic (exact) mass is 340 g/mol. The van der Waals surface area contributed by atoms with E-state index in [4.69, 9.17) is 4.74 Å². The summed E-state index contributed by atoms with van der Waals surface area (Å²) in [6.45, 7) is 2.20. The summed E-state index contributed by atoms with van der Waals surface area (Å²) in [6.07, 6.45) is 7.43. The lowest BCUT2D eigenvalue weighted by Gasteiger charge is -2.29. The Bertz CT molecular complexity index is 792. The number of benzene rings is 1. The number of thioether (sulfide) groups is 1. The number of rotatable bonds is 2. The van der Waals surface area contributed by atoms with Crippen molar-refractivity contribution in [2.45, 2.75) is 37.6 Å². The molecule has 1 N–H and O–H groups in total. The summed E-state index contributed by atoms with van der Waals surface area (Å²) < 4.78 is 6.33. The predicted molar refractivity (Wildman–Crippen MR) is 96.2 cm³/mol. The molecule has 4 rings (SSSR count). The second-order valence-corrected chi connectivity index (χ2v) is 7.03. The standard InChI is InChI=1S/C18H20N4OS/c1-11-7-9-12(10-8-11)17-19-16-15(21-22-18(20-16)24-2)13-5-3-4-6-14(13)23-17/h3-7,12,17H,8-10H2,1-2H3,(H,19,20,22)/t12-,17-/m0/s1. The number of ether oxygens (including phenoxy) is 1. The van der Waals surface area contributed by atoms with Crippen LogP contribution in [0.1, 0.15) is 26.2 Å². The minimum absolute atomic E-state index is 0.108. The SMILES string of the molecule is CSc1nnc2c(n1)N[C@H]([C@H]1CC=C(C)CC1)Oc1ccccc1-2. The molecule has 0 amide bonds. The highest BCUT2D eigenvalue weighted by Crippen LogP contribution is 2.39. The number of para-hydroxylation sites is 1. The van der Waals surface area contributed by atoms with Crippen LogP contribution in [0, 0.1) is 5.92 Å². The van der Waals surface area contributed by atoms with E-state index < -0.39 is 0 Å². The molecular weight excluding hydrogens is 320 g/mol. The average molecular weight is 340 g/mol. The quantitative estimate of drug-likeness (QED) is 0.655. The van der Waals surface area contributed by atoms with Gasteiger partial charge < -0.3 is 10.1 Å². The second-order valence-electron chi connectivity index (χ2n) is 6.26. The number of hydrogen-bond acceptors (Lipinski definition) is 6. The molecule has 6 heteroatoms. The molecule has 0 unspecified atom stereocenters. The highest BCUT2D eigenvalue weighted by atomic mass is 32.2. The van der Waals surface area contributed by atoms with Gasteiger partial charge in [-0.05, 0) is 44.6 Å². The summed E-state index contributed by atoms with van der Waals surface area (Å²) in [5, 5.41) is 12.7. The predicted octanol–water partition coefficient (Wildman–Crippen LogP) is 4.14. The van der Waals surface area contributed by atoms with Crippen LogP contribution >= 0.6 is 11.8 Å². The summed E-state index contributed by atoms with van der Waals surface area (Å²) >= 11 is 1.49. The lowest BCUT2D eigenvalue weighted by Crippen LogP contribution is -2.35. The van der Waals surface area contributed by atoms with Crippen LogP contribution in [-0.4, -0.2) is 27.7 Å². The van der Waals surface area contributed by atoms with Crippen LogP contribution in [0.25, 0.3) is 11.3 Å². The molecule has 0 fully saturated rings. The van der Waals surface area contributed by atoms with Gasteiger partial charge in [0.25, 0.3) is 0 Å². The molecule has 1 aromatic heterocycles. The Kier molecular flexibility index (Phi) is 4.14. The molecule has 1 aliphatic carbocycles. The Morgan fingerprint density at radius 1 is 1.25 bits per heavy atom. The fourth-order valence-corrected chi connectivity index (χ4v) is 3.53. The number of aromatic nitrogens is 3. The maximum absolute atomic E-state index is 6.33. The van der Waals surface area contributed by atoms with E-state index in [9.17, 15) is 0 Å². The van der Waals surface area contributed by atoms with E-state index in [0.29, 0.717) is 11.1 Å². The fourth-order valence-electron chi connectivity index (χ4n) is 3.22. The molecule has 1 aromatic carbocycles. The van der Waals surface area contributed by atoms with Gasteiger partial charge in [-0.2, -0.15) is 0 Å². The van der Waals surface area contributed by atoms with E-state index >= 15 is 0 Å². The van der Waals surface area contributed by atoms with Gasteiger partial charge in [-0.1, -0.05) is 35.5 Å². The third-order valence-electron chi connectivity index (χ3n) is 4.63. The van der Waals surface area contributed by atoms with Crippen LogP contribution in [-0.2, 0) is 0 Å². The van der Waals surface area contributed by atoms with Gasteiger partial charge in [-0.25, -0.2) is 4.98 Å². The topological polar surface area (TPSA) is 59.9 Å². The van der Waals surface area contributed by atoms with Gasteiger partial charge in [0.1, 0.15) is 11.4 Å². The van der Waals surface area contributed by atoms with Gasteiger partial charge in [0.15, 0.2) is 12.0 Å². The van der Waals surface area contributed by atoms with Crippen molar-refractivity contribution in [2.75, 3.05) is 11.6 Å². The average Bonchev–Trinajstić information content (AvgIpc) is 2.78. The van der Waals surface area contributed by atoms with Crippen molar-refractivity contribution in [3.8, 4) is 17.0 Å². The van der Waals surface area contributed by atoms with Crippen LogP contribution in [0.3, 0.4) is 0 Å². The molecule has 24 heavy (non-hydrogen) atoms. The maximum atomic E-state index is 6.33. The number of hydrogen-bond donors (Lipinski definition) is 1. The van der Waals surface area contributed by atoms with Crippen molar-refractivity contribution in [3.63, 3.8) is 0 Å². The van der Waals surface area contributed by atoms with E-state index in [1.165, 1.54) is 17.3 Å². The lowest BCUT2D eigenvalue weighted by molar-refractivity contribution is 0.152. The van der Waals surface area contributed by atoms with E-state index in [-0.39, 0.29) is 6.23 Å². The first-order valence-corrected chi connectivity index (χ1v) is 9.44. The van der Waals surface area contributed by atoms with Crippen LogP contribution in [0.5, 0.6) is 5.75 Å². The molecule has 0 bridgehead atoms. The number of fused-ring (bicyclic) bond motifs is 3. The summed E-state index contributed by atoms with van der Waals surface area (Å²) in [4.78, 5) is 4.63. The molecule has 0 spiro atoms. The van der Waals surface area contributed by atoms with Gasteiger partial charge in [-0.15, -0.1) is 10.2 Å². The van der Waals surface area contributed by atoms with Gasteiger partial charge in [0.05, 0.1) is 0 Å². The summed E-state index contributed by atoms with van der Waals surface area (Å²) in [5.74, 6) is 2.02. The van der Waals surface area contributed by atoms with E-state index in [1.807, 2.05) is 30.5 Å². The van der Waals surface area contributed by atoms with Gasteiger partial charge in [0.2, 0.25) is 5.16 Å². The summed E-state index contributed by atoms with van der Waals surface area (Å²) in [6, 6.07) is 7.98. The molecule has 1 aliphatic heterocycles. The largest absolute Gasteiger partial charge is 0.470 e. The first-order chi connectivity index (χ1) is 11.7. The highest BCUT2D eigenvalue weighted by molar-refractivity contribution is 7.98. The van der Waals surface area contributed by atoms with Gasteiger partial charge in [-0.3, -0.25) is 0 Å².